The smallest absolute Gasteiger partial charge is 0.201 e. The molecule has 2 fully saturated rings. The van der Waals surface area contributed by atoms with Gasteiger partial charge >= 0.3 is 0 Å². The summed E-state index contributed by atoms with van der Waals surface area (Å²) >= 11 is 0. The van der Waals surface area contributed by atoms with Gasteiger partial charge in [0.05, 0.1) is 0 Å². The molecular formula is C31H38N+. The zero-order valence-corrected chi connectivity index (χ0v) is 19.8. The minimum Gasteiger partial charge on any atom is -0.201 e. The lowest BCUT2D eigenvalue weighted by molar-refractivity contribution is -0.660. The summed E-state index contributed by atoms with van der Waals surface area (Å²) in [5.74, 6) is 1.40. The van der Waals surface area contributed by atoms with Gasteiger partial charge in [0.1, 0.15) is 7.05 Å². The van der Waals surface area contributed by atoms with Crippen molar-refractivity contribution >= 4 is 0 Å². The van der Waals surface area contributed by atoms with Crippen LogP contribution in [0.5, 0.6) is 0 Å². The van der Waals surface area contributed by atoms with Crippen LogP contribution >= 0.6 is 0 Å². The van der Waals surface area contributed by atoms with Crippen molar-refractivity contribution in [1.29, 1.82) is 0 Å². The number of aryl methyl sites for hydroxylation is 2. The van der Waals surface area contributed by atoms with Gasteiger partial charge in [0.25, 0.3) is 0 Å². The van der Waals surface area contributed by atoms with Gasteiger partial charge in [-0.2, -0.15) is 0 Å². The first-order chi connectivity index (χ1) is 16.0. The fourth-order valence-corrected chi connectivity index (χ4v) is 6.13. The molecule has 1 aromatic heterocycles. The Morgan fingerprint density at radius 2 is 1.44 bits per heavy atom. The predicted molar refractivity (Wildman–Crippen MR) is 135 cm³/mol. The van der Waals surface area contributed by atoms with Crippen LogP contribution in [-0.4, -0.2) is 0 Å². The summed E-state index contributed by atoms with van der Waals surface area (Å²) in [6, 6.07) is 22.0. The molecular weight excluding hydrogens is 386 g/mol. The van der Waals surface area contributed by atoms with Crippen molar-refractivity contribution in [3.63, 3.8) is 0 Å². The molecule has 2 aromatic carbocycles. The molecule has 2 aliphatic carbocycles. The van der Waals surface area contributed by atoms with E-state index >= 15 is 0 Å². The summed E-state index contributed by atoms with van der Waals surface area (Å²) < 4.78 is 11.4. The first-order valence-corrected chi connectivity index (χ1v) is 12.7. The van der Waals surface area contributed by atoms with E-state index in [0.717, 1.165) is 24.7 Å². The highest BCUT2D eigenvalue weighted by atomic mass is 14.9. The van der Waals surface area contributed by atoms with Crippen LogP contribution in [0.25, 0.3) is 22.4 Å². The SMILES string of the molecule is [2H]C1(c2ccc(-c3cc[n+](C)c(-c4ccccc4C)c3)cc2)CCC(C2CCCCC2)CC1. The third-order valence-corrected chi connectivity index (χ3v) is 8.15. The van der Waals surface area contributed by atoms with Crippen molar-refractivity contribution in [2.75, 3.05) is 0 Å². The number of aromatic nitrogens is 1. The van der Waals surface area contributed by atoms with E-state index in [0.29, 0.717) is 0 Å². The minimum absolute atomic E-state index is 0.404. The summed E-state index contributed by atoms with van der Waals surface area (Å²) in [6.07, 6.45) is 13.8. The van der Waals surface area contributed by atoms with Crippen LogP contribution in [0.2, 0.25) is 0 Å². The minimum atomic E-state index is -0.404. The Morgan fingerprint density at radius 3 is 2.16 bits per heavy atom. The molecule has 0 N–H and O–H groups in total. The zero-order valence-electron chi connectivity index (χ0n) is 20.8. The maximum atomic E-state index is 9.24. The van der Waals surface area contributed by atoms with Gasteiger partial charge in [-0.15, -0.1) is 0 Å². The van der Waals surface area contributed by atoms with E-state index in [4.69, 9.17) is 0 Å². The molecule has 1 heteroatoms. The van der Waals surface area contributed by atoms with Gasteiger partial charge < -0.3 is 0 Å². The van der Waals surface area contributed by atoms with Crippen LogP contribution < -0.4 is 4.57 Å². The van der Waals surface area contributed by atoms with Crippen LogP contribution in [0, 0.1) is 18.8 Å². The van der Waals surface area contributed by atoms with Crippen LogP contribution in [-0.2, 0) is 7.05 Å². The lowest BCUT2D eigenvalue weighted by atomic mass is 9.70. The summed E-state index contributed by atoms with van der Waals surface area (Å²) in [6.45, 7) is 2.17. The molecule has 0 unspecified atom stereocenters. The van der Waals surface area contributed by atoms with Crippen molar-refractivity contribution in [2.24, 2.45) is 18.9 Å². The number of benzene rings is 2. The average molecular weight is 426 g/mol. The highest BCUT2D eigenvalue weighted by Crippen LogP contribution is 2.43. The number of pyridine rings is 1. The Morgan fingerprint density at radius 1 is 0.750 bits per heavy atom. The summed E-state index contributed by atoms with van der Waals surface area (Å²) in [5.41, 5.74) is 7.46. The lowest BCUT2D eigenvalue weighted by Gasteiger charge is -2.36. The third-order valence-electron chi connectivity index (χ3n) is 8.15. The highest BCUT2D eigenvalue weighted by molar-refractivity contribution is 5.70. The van der Waals surface area contributed by atoms with Gasteiger partial charge in [-0.25, -0.2) is 4.57 Å². The molecule has 1 heterocycles. The molecule has 0 radical (unpaired) electrons. The topological polar surface area (TPSA) is 3.88 Å². The number of hydrogen-bond donors (Lipinski definition) is 0. The quantitative estimate of drug-likeness (QED) is 0.373. The maximum Gasteiger partial charge on any atom is 0.213 e. The molecule has 2 aliphatic rings. The molecule has 166 valence electrons. The molecule has 5 rings (SSSR count). The Labute approximate surface area is 195 Å². The first-order valence-electron chi connectivity index (χ1n) is 13.2. The van der Waals surface area contributed by atoms with Gasteiger partial charge in [0, 0.05) is 19.1 Å². The molecule has 0 spiro atoms. The van der Waals surface area contributed by atoms with E-state index in [1.807, 2.05) is 0 Å². The van der Waals surface area contributed by atoms with Crippen molar-refractivity contribution in [1.82, 2.24) is 0 Å². The van der Waals surface area contributed by atoms with Crippen molar-refractivity contribution in [2.45, 2.75) is 70.6 Å². The largest absolute Gasteiger partial charge is 0.213 e. The second-order valence-corrected chi connectivity index (χ2v) is 10.1. The van der Waals surface area contributed by atoms with Crippen molar-refractivity contribution in [3.05, 3.63) is 78.0 Å². The standard InChI is InChI=1S/C31H38N/c1-23-8-6-7-11-30(23)31-22-29(20-21-32(31)2)28-18-16-27(17-19-28)26-14-12-25(13-15-26)24-9-4-3-5-10-24/h6-8,11,16-22,24-26H,3-5,9-10,12-15H2,1-2H3/q+1/i26D. The summed E-state index contributed by atoms with van der Waals surface area (Å²) in [5, 5.41) is 0. The van der Waals surface area contributed by atoms with Crippen LogP contribution in [0.3, 0.4) is 0 Å². The van der Waals surface area contributed by atoms with E-state index in [-0.39, 0.29) is 0 Å². The molecule has 0 aliphatic heterocycles. The van der Waals surface area contributed by atoms with E-state index < -0.39 is 5.89 Å². The van der Waals surface area contributed by atoms with Gasteiger partial charge in [-0.1, -0.05) is 74.6 Å². The second kappa shape index (κ2) is 9.61. The fourth-order valence-electron chi connectivity index (χ4n) is 6.13. The van der Waals surface area contributed by atoms with Gasteiger partial charge in [0.15, 0.2) is 6.20 Å². The van der Waals surface area contributed by atoms with Crippen LogP contribution in [0.1, 0.15) is 76.2 Å². The van der Waals surface area contributed by atoms with Gasteiger partial charge in [0.2, 0.25) is 5.69 Å². The monoisotopic (exact) mass is 425 g/mol. The number of nitrogens with zero attached hydrogens (tertiary/aromatic N) is 1. The predicted octanol–water partition coefficient (Wildman–Crippen LogP) is 8.01. The van der Waals surface area contributed by atoms with Gasteiger partial charge in [-0.3, -0.25) is 0 Å². The van der Waals surface area contributed by atoms with Gasteiger partial charge in [-0.05, 0) is 78.7 Å². The molecule has 2 saturated carbocycles. The molecule has 1 nitrogen and oxygen atoms in total. The van der Waals surface area contributed by atoms with E-state index in [2.05, 4.69) is 85.4 Å². The highest BCUT2D eigenvalue weighted by Gasteiger charge is 2.29. The van der Waals surface area contributed by atoms with E-state index in [9.17, 15) is 1.37 Å². The Bertz CT molecular complexity index is 1090. The first kappa shape index (κ1) is 20.2. The lowest BCUT2D eigenvalue weighted by Crippen LogP contribution is -2.30. The number of rotatable bonds is 4. The fraction of sp³-hybridized carbons (Fsp3) is 0.452. The molecule has 0 saturated heterocycles. The van der Waals surface area contributed by atoms with Crippen LogP contribution in [0.4, 0.5) is 0 Å². The van der Waals surface area contributed by atoms with Crippen molar-refractivity contribution in [3.8, 4) is 22.4 Å². The van der Waals surface area contributed by atoms with E-state index in [1.165, 1.54) is 78.5 Å². The van der Waals surface area contributed by atoms with E-state index in [1.54, 1.807) is 0 Å². The Balaban J connectivity index is 1.33. The molecule has 32 heavy (non-hydrogen) atoms. The normalized spacial score (nSPS) is 24.8. The molecule has 3 aromatic rings. The van der Waals surface area contributed by atoms with Crippen LogP contribution in [0.15, 0.2) is 66.9 Å². The molecule has 0 amide bonds. The second-order valence-electron chi connectivity index (χ2n) is 10.1. The number of hydrogen-bond acceptors (Lipinski definition) is 0. The zero-order chi connectivity index (χ0) is 22.8. The Hall–Kier alpha value is -2.41. The third kappa shape index (κ3) is 4.53. The Kier molecular flexibility index (Phi) is 6.07. The molecule has 0 bridgehead atoms. The summed E-state index contributed by atoms with van der Waals surface area (Å²) in [4.78, 5) is 0. The maximum absolute atomic E-state index is 9.24. The van der Waals surface area contributed by atoms with Crippen molar-refractivity contribution < 1.29 is 5.94 Å². The summed E-state index contributed by atoms with van der Waals surface area (Å²) in [7, 11) is 2.11. The average Bonchev–Trinajstić information content (AvgIpc) is 2.86. The molecule has 0 atom stereocenters.